The van der Waals surface area contributed by atoms with Crippen molar-refractivity contribution in [1.29, 1.82) is 0 Å². The molecule has 1 aliphatic rings. The SMILES string of the molecule is O=C(CN1CCN(CCO)CC1)N(Cc1ccco1)c1ccccc1. The minimum atomic E-state index is 0.0678. The highest BCUT2D eigenvalue weighted by Crippen LogP contribution is 2.18. The lowest BCUT2D eigenvalue weighted by atomic mass is 10.2. The van der Waals surface area contributed by atoms with E-state index in [2.05, 4.69) is 9.80 Å². The second-order valence-corrected chi connectivity index (χ2v) is 6.24. The van der Waals surface area contributed by atoms with Crippen molar-refractivity contribution >= 4 is 11.6 Å². The number of benzene rings is 1. The van der Waals surface area contributed by atoms with Gasteiger partial charge in [0.2, 0.25) is 5.91 Å². The largest absolute Gasteiger partial charge is 0.467 e. The molecule has 1 fully saturated rings. The highest BCUT2D eigenvalue weighted by atomic mass is 16.3. The normalized spacial score (nSPS) is 16.0. The fraction of sp³-hybridized carbons (Fsp3) is 0.421. The van der Waals surface area contributed by atoms with E-state index in [1.165, 1.54) is 0 Å². The lowest BCUT2D eigenvalue weighted by Gasteiger charge is -2.35. The number of para-hydroxylation sites is 1. The Morgan fingerprint density at radius 2 is 1.76 bits per heavy atom. The highest BCUT2D eigenvalue weighted by molar-refractivity contribution is 5.94. The molecule has 0 bridgehead atoms. The molecule has 2 heterocycles. The van der Waals surface area contributed by atoms with Crippen LogP contribution in [-0.4, -0.2) is 66.7 Å². The van der Waals surface area contributed by atoms with E-state index in [0.717, 1.165) is 37.6 Å². The molecule has 1 aromatic carbocycles. The molecule has 0 saturated carbocycles. The molecule has 1 amide bonds. The molecule has 0 unspecified atom stereocenters. The van der Waals surface area contributed by atoms with Crippen LogP contribution in [-0.2, 0) is 11.3 Å². The van der Waals surface area contributed by atoms with Crippen molar-refractivity contribution in [2.45, 2.75) is 6.54 Å². The topological polar surface area (TPSA) is 60.2 Å². The number of anilines is 1. The molecular formula is C19H25N3O3. The third-order valence-electron chi connectivity index (χ3n) is 4.50. The Labute approximate surface area is 148 Å². The number of amides is 1. The van der Waals surface area contributed by atoms with E-state index in [-0.39, 0.29) is 12.5 Å². The minimum Gasteiger partial charge on any atom is -0.467 e. The summed E-state index contributed by atoms with van der Waals surface area (Å²) in [5.41, 5.74) is 0.878. The van der Waals surface area contributed by atoms with Gasteiger partial charge < -0.3 is 14.4 Å². The summed E-state index contributed by atoms with van der Waals surface area (Å²) in [4.78, 5) is 19.1. The monoisotopic (exact) mass is 343 g/mol. The molecule has 1 aromatic heterocycles. The Balaban J connectivity index is 1.63. The van der Waals surface area contributed by atoms with Crippen molar-refractivity contribution in [3.63, 3.8) is 0 Å². The number of nitrogens with zero attached hydrogens (tertiary/aromatic N) is 3. The third kappa shape index (κ3) is 4.92. The van der Waals surface area contributed by atoms with Gasteiger partial charge in [-0.15, -0.1) is 0 Å². The molecule has 2 aromatic rings. The summed E-state index contributed by atoms with van der Waals surface area (Å²) >= 11 is 0. The number of furan rings is 1. The minimum absolute atomic E-state index is 0.0678. The van der Waals surface area contributed by atoms with Crippen LogP contribution in [0.1, 0.15) is 5.76 Å². The van der Waals surface area contributed by atoms with Crippen LogP contribution in [0.3, 0.4) is 0 Å². The smallest absolute Gasteiger partial charge is 0.241 e. The van der Waals surface area contributed by atoms with Crippen molar-refractivity contribution in [3.8, 4) is 0 Å². The van der Waals surface area contributed by atoms with Crippen molar-refractivity contribution in [2.75, 3.05) is 50.8 Å². The van der Waals surface area contributed by atoms with Crippen LogP contribution in [0.25, 0.3) is 0 Å². The van der Waals surface area contributed by atoms with Gasteiger partial charge in [-0.1, -0.05) is 18.2 Å². The van der Waals surface area contributed by atoms with Crippen molar-refractivity contribution in [3.05, 3.63) is 54.5 Å². The number of aliphatic hydroxyl groups excluding tert-OH is 1. The number of hydrogen-bond acceptors (Lipinski definition) is 5. The summed E-state index contributed by atoms with van der Waals surface area (Å²) in [6, 6.07) is 13.4. The van der Waals surface area contributed by atoms with E-state index >= 15 is 0 Å². The molecule has 0 aliphatic carbocycles. The Kier molecular flexibility index (Phi) is 6.22. The number of rotatable bonds is 7. The van der Waals surface area contributed by atoms with E-state index in [0.29, 0.717) is 19.6 Å². The first kappa shape index (κ1) is 17.7. The maximum atomic E-state index is 12.9. The van der Waals surface area contributed by atoms with Gasteiger partial charge in [-0.2, -0.15) is 0 Å². The Bertz CT molecular complexity index is 637. The molecule has 3 rings (SSSR count). The Morgan fingerprint density at radius 1 is 1.04 bits per heavy atom. The molecule has 0 radical (unpaired) electrons. The fourth-order valence-corrected chi connectivity index (χ4v) is 3.08. The molecule has 6 nitrogen and oxygen atoms in total. The molecule has 134 valence electrons. The quantitative estimate of drug-likeness (QED) is 0.824. The lowest BCUT2D eigenvalue weighted by molar-refractivity contribution is -0.120. The number of β-amino-alcohol motifs (C(OH)–C–C–N with tert-alkyl or cyclic N) is 1. The van der Waals surface area contributed by atoms with Crippen LogP contribution in [0.15, 0.2) is 53.1 Å². The van der Waals surface area contributed by atoms with Gasteiger partial charge in [0.25, 0.3) is 0 Å². The zero-order chi connectivity index (χ0) is 17.5. The lowest BCUT2D eigenvalue weighted by Crippen LogP contribution is -2.50. The maximum absolute atomic E-state index is 12.9. The predicted octanol–water partition coefficient (Wildman–Crippen LogP) is 1.42. The first-order chi connectivity index (χ1) is 12.3. The summed E-state index contributed by atoms with van der Waals surface area (Å²) in [5.74, 6) is 0.836. The van der Waals surface area contributed by atoms with E-state index in [1.807, 2.05) is 42.5 Å². The van der Waals surface area contributed by atoms with Crippen LogP contribution < -0.4 is 4.90 Å². The number of carbonyl (C=O) groups excluding carboxylic acids is 1. The van der Waals surface area contributed by atoms with Crippen LogP contribution in [0.4, 0.5) is 5.69 Å². The Morgan fingerprint density at radius 3 is 2.40 bits per heavy atom. The average Bonchev–Trinajstić information content (AvgIpc) is 3.15. The van der Waals surface area contributed by atoms with E-state index < -0.39 is 0 Å². The van der Waals surface area contributed by atoms with Crippen LogP contribution in [0.5, 0.6) is 0 Å². The summed E-state index contributed by atoms with van der Waals surface area (Å²) < 4.78 is 5.43. The van der Waals surface area contributed by atoms with Crippen molar-refractivity contribution < 1.29 is 14.3 Å². The third-order valence-corrected chi connectivity index (χ3v) is 4.50. The first-order valence-corrected chi connectivity index (χ1v) is 8.69. The molecular weight excluding hydrogens is 318 g/mol. The fourth-order valence-electron chi connectivity index (χ4n) is 3.08. The molecule has 6 heteroatoms. The molecule has 1 aliphatic heterocycles. The summed E-state index contributed by atoms with van der Waals surface area (Å²) in [7, 11) is 0. The number of aliphatic hydroxyl groups is 1. The van der Waals surface area contributed by atoms with Gasteiger partial charge in [0, 0.05) is 38.4 Å². The second-order valence-electron chi connectivity index (χ2n) is 6.24. The van der Waals surface area contributed by atoms with Gasteiger partial charge in [-0.3, -0.25) is 14.6 Å². The van der Waals surface area contributed by atoms with Crippen LogP contribution in [0.2, 0.25) is 0 Å². The van der Waals surface area contributed by atoms with E-state index in [4.69, 9.17) is 9.52 Å². The standard InChI is InChI=1S/C19H25N3O3/c23-13-12-20-8-10-21(11-9-20)16-19(24)22(15-18-7-4-14-25-18)17-5-2-1-3-6-17/h1-7,14,23H,8-13,15-16H2. The Hall–Kier alpha value is -2.15. The van der Waals surface area contributed by atoms with Crippen molar-refractivity contribution in [1.82, 2.24) is 9.80 Å². The maximum Gasteiger partial charge on any atom is 0.241 e. The highest BCUT2D eigenvalue weighted by Gasteiger charge is 2.23. The second kappa shape index (κ2) is 8.80. The number of hydrogen-bond donors (Lipinski definition) is 1. The van der Waals surface area contributed by atoms with Gasteiger partial charge in [-0.25, -0.2) is 0 Å². The van der Waals surface area contributed by atoms with Crippen LogP contribution in [0, 0.1) is 0 Å². The molecule has 1 N–H and O–H groups in total. The van der Waals surface area contributed by atoms with Gasteiger partial charge in [-0.05, 0) is 24.3 Å². The van der Waals surface area contributed by atoms with Gasteiger partial charge in [0.1, 0.15) is 5.76 Å². The number of piperazine rings is 1. The van der Waals surface area contributed by atoms with Gasteiger partial charge in [0.15, 0.2) is 0 Å². The molecule has 25 heavy (non-hydrogen) atoms. The molecule has 1 saturated heterocycles. The summed E-state index contributed by atoms with van der Waals surface area (Å²) in [6.07, 6.45) is 1.63. The van der Waals surface area contributed by atoms with Crippen LogP contribution >= 0.6 is 0 Å². The van der Waals surface area contributed by atoms with E-state index in [9.17, 15) is 4.79 Å². The number of carbonyl (C=O) groups is 1. The zero-order valence-electron chi connectivity index (χ0n) is 14.4. The van der Waals surface area contributed by atoms with Gasteiger partial charge in [0.05, 0.1) is 26.0 Å². The summed E-state index contributed by atoms with van der Waals surface area (Å²) in [6.45, 7) is 5.17. The average molecular weight is 343 g/mol. The zero-order valence-corrected chi connectivity index (χ0v) is 14.4. The molecule has 0 spiro atoms. The first-order valence-electron chi connectivity index (χ1n) is 8.69. The van der Waals surface area contributed by atoms with E-state index in [1.54, 1.807) is 11.2 Å². The van der Waals surface area contributed by atoms with Crippen molar-refractivity contribution in [2.24, 2.45) is 0 Å². The predicted molar refractivity (Wildman–Crippen MR) is 96.3 cm³/mol. The summed E-state index contributed by atoms with van der Waals surface area (Å²) in [5, 5.41) is 9.03. The molecule has 0 atom stereocenters. The van der Waals surface area contributed by atoms with Gasteiger partial charge >= 0.3 is 0 Å².